The van der Waals surface area contributed by atoms with Crippen LogP contribution < -0.4 is 15.4 Å². The van der Waals surface area contributed by atoms with Gasteiger partial charge in [0.1, 0.15) is 5.75 Å². The molecule has 2 atom stereocenters. The molecule has 3 heterocycles. The van der Waals surface area contributed by atoms with E-state index in [1.165, 1.54) is 0 Å². The number of hydrogen-bond acceptors (Lipinski definition) is 4. The van der Waals surface area contributed by atoms with Crippen molar-refractivity contribution in [2.24, 2.45) is 7.05 Å². The second-order valence-electron chi connectivity index (χ2n) is 7.78. The largest absolute Gasteiger partial charge is 0.495 e. The predicted molar refractivity (Wildman–Crippen MR) is 129 cm³/mol. The van der Waals surface area contributed by atoms with Gasteiger partial charge >= 0.3 is 0 Å². The fourth-order valence-electron chi connectivity index (χ4n) is 4.08. The molecular formula is C24H27N5O2S. The first-order valence-corrected chi connectivity index (χ1v) is 10.9. The van der Waals surface area contributed by atoms with Gasteiger partial charge in [0.05, 0.1) is 30.6 Å². The molecule has 0 saturated carbocycles. The van der Waals surface area contributed by atoms with E-state index in [0.29, 0.717) is 23.1 Å². The van der Waals surface area contributed by atoms with Gasteiger partial charge in [0.25, 0.3) is 0 Å². The molecule has 0 unspecified atom stereocenters. The van der Waals surface area contributed by atoms with E-state index >= 15 is 0 Å². The normalized spacial score (nSPS) is 17.8. The van der Waals surface area contributed by atoms with Crippen LogP contribution in [-0.2, 0) is 11.8 Å². The minimum Gasteiger partial charge on any atom is -0.495 e. The Hall–Kier alpha value is -3.39. The van der Waals surface area contributed by atoms with E-state index in [9.17, 15) is 4.79 Å². The molecule has 2 aromatic heterocycles. The minimum absolute atomic E-state index is 0.0739. The summed E-state index contributed by atoms with van der Waals surface area (Å²) in [5, 5.41) is 6.99. The molecule has 8 heteroatoms. The lowest BCUT2D eigenvalue weighted by atomic mass is 10.0. The molecule has 0 bridgehead atoms. The number of carbonyl (C=O) groups is 1. The Morgan fingerprint density at radius 3 is 2.66 bits per heavy atom. The number of benzene rings is 1. The van der Waals surface area contributed by atoms with Crippen LogP contribution in [0.2, 0.25) is 0 Å². The smallest absolute Gasteiger partial charge is 0.226 e. The van der Waals surface area contributed by atoms with Crippen LogP contribution >= 0.6 is 12.2 Å². The second-order valence-corrected chi connectivity index (χ2v) is 8.16. The van der Waals surface area contributed by atoms with Gasteiger partial charge in [0.15, 0.2) is 5.11 Å². The third-order valence-electron chi connectivity index (χ3n) is 5.87. The number of nitrogens with zero attached hydrogens (tertiary/aromatic N) is 3. The number of nitrogens with one attached hydrogen (secondary N) is 2. The highest BCUT2D eigenvalue weighted by Gasteiger charge is 2.41. The molecular weight excluding hydrogens is 422 g/mol. The maximum Gasteiger partial charge on any atom is 0.226 e. The van der Waals surface area contributed by atoms with Crippen LogP contribution in [0, 0.1) is 6.92 Å². The molecule has 4 rings (SSSR count). The minimum atomic E-state index is -0.103. The Balaban J connectivity index is 1.55. The van der Waals surface area contributed by atoms with Gasteiger partial charge < -0.3 is 24.8 Å². The van der Waals surface area contributed by atoms with Crippen molar-refractivity contribution in [1.29, 1.82) is 0 Å². The van der Waals surface area contributed by atoms with Crippen LogP contribution in [0.15, 0.2) is 60.8 Å². The number of thiocarbonyl (C=S) groups is 1. The molecule has 0 aliphatic carbocycles. The van der Waals surface area contributed by atoms with Crippen molar-refractivity contribution in [2.45, 2.75) is 25.4 Å². The third-order valence-corrected chi connectivity index (χ3v) is 6.23. The number of rotatable bonds is 7. The van der Waals surface area contributed by atoms with E-state index in [0.717, 1.165) is 17.1 Å². The molecule has 1 fully saturated rings. The maximum atomic E-state index is 12.7. The zero-order valence-electron chi connectivity index (χ0n) is 18.4. The molecule has 32 heavy (non-hydrogen) atoms. The number of amides is 1. The van der Waals surface area contributed by atoms with Gasteiger partial charge in [0, 0.05) is 37.6 Å². The van der Waals surface area contributed by atoms with Gasteiger partial charge in [-0.2, -0.15) is 0 Å². The molecule has 0 spiro atoms. The third kappa shape index (κ3) is 4.31. The summed E-state index contributed by atoms with van der Waals surface area (Å²) in [6, 6.07) is 17.3. The number of aromatic nitrogens is 2. The highest BCUT2D eigenvalue weighted by Crippen LogP contribution is 2.39. The van der Waals surface area contributed by atoms with E-state index in [4.69, 9.17) is 17.0 Å². The summed E-state index contributed by atoms with van der Waals surface area (Å²) in [5.41, 5.74) is 3.85. The Morgan fingerprint density at radius 2 is 1.97 bits per heavy atom. The molecule has 7 nitrogen and oxygen atoms in total. The Kier molecular flexibility index (Phi) is 6.41. The summed E-state index contributed by atoms with van der Waals surface area (Å²) in [5.74, 6) is 0.534. The van der Waals surface area contributed by atoms with E-state index in [1.807, 2.05) is 49.5 Å². The van der Waals surface area contributed by atoms with Crippen LogP contribution in [0.4, 0.5) is 5.69 Å². The summed E-state index contributed by atoms with van der Waals surface area (Å²) in [7, 11) is 3.64. The Morgan fingerprint density at radius 1 is 1.19 bits per heavy atom. The molecule has 2 N–H and O–H groups in total. The average Bonchev–Trinajstić information content (AvgIpc) is 3.31. The highest BCUT2D eigenvalue weighted by molar-refractivity contribution is 7.80. The van der Waals surface area contributed by atoms with Gasteiger partial charge in [-0.15, -0.1) is 0 Å². The van der Waals surface area contributed by atoms with Crippen molar-refractivity contribution in [2.75, 3.05) is 19.0 Å². The number of methoxy groups -OCH3 is 1. The van der Waals surface area contributed by atoms with Gasteiger partial charge in [0.2, 0.25) is 5.91 Å². The number of para-hydroxylation sites is 2. The summed E-state index contributed by atoms with van der Waals surface area (Å²) in [6.07, 6.45) is 2.07. The number of ether oxygens (including phenoxy) is 1. The SMILES string of the molecule is COc1ccccc1NC(=O)CCN1C(=S)N[C@H](c2ccccn2)[C@H]1c1ccc(C)n1C. The van der Waals surface area contributed by atoms with Crippen LogP contribution in [0.1, 0.15) is 35.6 Å². The molecule has 1 amide bonds. The van der Waals surface area contributed by atoms with E-state index in [1.54, 1.807) is 13.3 Å². The predicted octanol–water partition coefficient (Wildman–Crippen LogP) is 3.74. The lowest BCUT2D eigenvalue weighted by Crippen LogP contribution is -2.33. The molecule has 3 aromatic rings. The van der Waals surface area contributed by atoms with Crippen LogP contribution in [0.3, 0.4) is 0 Å². The fraction of sp³-hybridized carbons (Fsp3) is 0.292. The standard InChI is InChI=1S/C24H27N5O2S/c1-16-11-12-19(28(16)2)23-22(18-9-6-7-14-25-18)27-24(32)29(23)15-13-21(30)26-17-8-4-5-10-20(17)31-3/h4-12,14,22-23H,13,15H2,1-3H3,(H,26,30)(H,27,32)/t22-,23-/m1/s1. The van der Waals surface area contributed by atoms with Crippen LogP contribution in [0.25, 0.3) is 0 Å². The molecule has 1 aliphatic heterocycles. The fourth-order valence-corrected chi connectivity index (χ4v) is 4.41. The van der Waals surface area contributed by atoms with Crippen LogP contribution in [-0.4, -0.2) is 39.1 Å². The summed E-state index contributed by atoms with van der Waals surface area (Å²) >= 11 is 5.69. The number of aryl methyl sites for hydroxylation is 1. The first-order valence-electron chi connectivity index (χ1n) is 10.5. The molecule has 1 aromatic carbocycles. The lowest BCUT2D eigenvalue weighted by Gasteiger charge is -2.28. The summed E-state index contributed by atoms with van der Waals surface area (Å²) in [6.45, 7) is 2.55. The van der Waals surface area contributed by atoms with Crippen molar-refractivity contribution in [3.63, 3.8) is 0 Å². The number of pyridine rings is 1. The molecule has 1 saturated heterocycles. The summed E-state index contributed by atoms with van der Waals surface area (Å²) < 4.78 is 7.49. The van der Waals surface area contributed by atoms with E-state index in [2.05, 4.69) is 44.1 Å². The molecule has 0 radical (unpaired) electrons. The molecule has 1 aliphatic rings. The highest BCUT2D eigenvalue weighted by atomic mass is 32.1. The molecule has 166 valence electrons. The quantitative estimate of drug-likeness (QED) is 0.536. The first kappa shape index (κ1) is 21.8. The van der Waals surface area contributed by atoms with E-state index < -0.39 is 0 Å². The zero-order valence-corrected chi connectivity index (χ0v) is 19.2. The van der Waals surface area contributed by atoms with Crippen molar-refractivity contribution in [1.82, 2.24) is 19.8 Å². The Labute approximate surface area is 193 Å². The van der Waals surface area contributed by atoms with Crippen molar-refractivity contribution in [3.05, 3.63) is 77.9 Å². The van der Waals surface area contributed by atoms with Gasteiger partial charge in [-0.3, -0.25) is 9.78 Å². The van der Waals surface area contributed by atoms with Crippen molar-refractivity contribution >= 4 is 28.9 Å². The number of carbonyl (C=O) groups excluding carboxylic acids is 1. The Bertz CT molecular complexity index is 1110. The van der Waals surface area contributed by atoms with Gasteiger partial charge in [-0.05, 0) is 55.5 Å². The summed E-state index contributed by atoms with van der Waals surface area (Å²) in [4.78, 5) is 19.4. The van der Waals surface area contributed by atoms with E-state index in [-0.39, 0.29) is 24.4 Å². The van der Waals surface area contributed by atoms with Crippen molar-refractivity contribution in [3.8, 4) is 5.75 Å². The van der Waals surface area contributed by atoms with Crippen LogP contribution in [0.5, 0.6) is 5.75 Å². The number of anilines is 1. The second kappa shape index (κ2) is 9.40. The monoisotopic (exact) mass is 449 g/mol. The zero-order chi connectivity index (χ0) is 22.7. The lowest BCUT2D eigenvalue weighted by molar-refractivity contribution is -0.116. The average molecular weight is 450 g/mol. The first-order chi connectivity index (χ1) is 15.5. The maximum absolute atomic E-state index is 12.7. The van der Waals surface area contributed by atoms with Gasteiger partial charge in [-0.25, -0.2) is 0 Å². The topological polar surface area (TPSA) is 71.4 Å². The van der Waals surface area contributed by atoms with Gasteiger partial charge in [-0.1, -0.05) is 18.2 Å². The number of hydrogen-bond donors (Lipinski definition) is 2. The van der Waals surface area contributed by atoms with Crippen molar-refractivity contribution < 1.29 is 9.53 Å².